The van der Waals surface area contributed by atoms with Gasteiger partial charge in [0, 0.05) is 31.6 Å². The predicted octanol–water partition coefficient (Wildman–Crippen LogP) is 2.19. The standard InChI is InChI=1S/C26H33N7O2/c1-16-8-19-11-28-33(23(19)9-22(16)18-4-6-31(7-5-18)21-14-35-15-21)25-10-24(29-17(2)30-25)32-12-20(13-32)26(34)27-3/h8-11,18,20-21H,4-7,12-15H2,1-3H3,(H,27,34). The molecule has 35 heavy (non-hydrogen) atoms. The fourth-order valence-electron chi connectivity index (χ4n) is 5.68. The Morgan fingerprint density at radius 2 is 1.80 bits per heavy atom. The maximum Gasteiger partial charge on any atom is 0.226 e. The van der Waals surface area contributed by atoms with Crippen molar-refractivity contribution in [1.82, 2.24) is 30.0 Å². The molecular weight excluding hydrogens is 442 g/mol. The van der Waals surface area contributed by atoms with Gasteiger partial charge in [-0.15, -0.1) is 0 Å². The minimum atomic E-state index is 0.0121. The minimum Gasteiger partial charge on any atom is -0.378 e. The number of hydrogen-bond acceptors (Lipinski definition) is 7. The van der Waals surface area contributed by atoms with Crippen LogP contribution in [0.25, 0.3) is 16.7 Å². The fourth-order valence-corrected chi connectivity index (χ4v) is 5.68. The lowest BCUT2D eigenvalue weighted by molar-refractivity contribution is -0.125. The highest BCUT2D eigenvalue weighted by atomic mass is 16.5. The molecule has 0 bridgehead atoms. The smallest absolute Gasteiger partial charge is 0.226 e. The Kier molecular flexibility index (Phi) is 5.69. The van der Waals surface area contributed by atoms with E-state index < -0.39 is 0 Å². The molecular formula is C26H33N7O2. The normalized spacial score (nSPS) is 20.1. The van der Waals surface area contributed by atoms with E-state index in [4.69, 9.17) is 14.8 Å². The molecule has 5 heterocycles. The number of piperidine rings is 1. The van der Waals surface area contributed by atoms with Gasteiger partial charge in [0.05, 0.1) is 36.9 Å². The fraction of sp³-hybridized carbons (Fsp3) is 0.538. The van der Waals surface area contributed by atoms with Gasteiger partial charge in [0.25, 0.3) is 0 Å². The van der Waals surface area contributed by atoms with E-state index in [1.165, 1.54) is 24.0 Å². The Balaban J connectivity index is 1.27. The van der Waals surface area contributed by atoms with E-state index in [9.17, 15) is 4.79 Å². The number of fused-ring (bicyclic) bond motifs is 1. The molecule has 3 aromatic rings. The molecule has 3 aliphatic heterocycles. The number of nitrogens with one attached hydrogen (secondary N) is 1. The summed E-state index contributed by atoms with van der Waals surface area (Å²) in [5, 5.41) is 8.57. The first-order valence-corrected chi connectivity index (χ1v) is 12.6. The van der Waals surface area contributed by atoms with Crippen molar-refractivity contribution in [2.75, 3.05) is 51.3 Å². The maximum absolute atomic E-state index is 11.9. The molecule has 0 radical (unpaired) electrons. The molecule has 9 heteroatoms. The van der Waals surface area contributed by atoms with Crippen molar-refractivity contribution in [2.45, 2.75) is 38.6 Å². The summed E-state index contributed by atoms with van der Waals surface area (Å²) in [6.45, 7) is 9.52. The minimum absolute atomic E-state index is 0.0121. The predicted molar refractivity (Wildman–Crippen MR) is 134 cm³/mol. The van der Waals surface area contributed by atoms with Crippen LogP contribution in [0.4, 0.5) is 5.82 Å². The van der Waals surface area contributed by atoms with E-state index in [0.717, 1.165) is 48.8 Å². The third kappa shape index (κ3) is 4.06. The molecule has 3 saturated heterocycles. The second kappa shape index (κ2) is 8.87. The van der Waals surface area contributed by atoms with Crippen LogP contribution >= 0.6 is 0 Å². The van der Waals surface area contributed by atoms with Gasteiger partial charge in [-0.25, -0.2) is 14.6 Å². The quantitative estimate of drug-likeness (QED) is 0.605. The number of ether oxygens (including phenoxy) is 1. The number of anilines is 1. The molecule has 9 nitrogen and oxygen atoms in total. The van der Waals surface area contributed by atoms with Crippen molar-refractivity contribution >= 4 is 22.6 Å². The summed E-state index contributed by atoms with van der Waals surface area (Å²) < 4.78 is 7.33. The topological polar surface area (TPSA) is 88.4 Å². The SMILES string of the molecule is CNC(=O)C1CN(c2cc(-n3ncc4cc(C)c(C5CCN(C6COC6)CC5)cc43)nc(C)n2)C1. The third-order valence-corrected chi connectivity index (χ3v) is 7.91. The van der Waals surface area contributed by atoms with Crippen LogP contribution in [0.3, 0.4) is 0 Å². The van der Waals surface area contributed by atoms with E-state index in [0.29, 0.717) is 30.9 Å². The first-order valence-electron chi connectivity index (χ1n) is 12.6. The van der Waals surface area contributed by atoms with Crippen molar-refractivity contribution < 1.29 is 9.53 Å². The van der Waals surface area contributed by atoms with Gasteiger partial charge in [-0.2, -0.15) is 5.10 Å². The van der Waals surface area contributed by atoms with Crippen LogP contribution in [0.1, 0.15) is 35.7 Å². The lowest BCUT2D eigenvalue weighted by Gasteiger charge is -2.41. The van der Waals surface area contributed by atoms with E-state index in [-0.39, 0.29) is 11.8 Å². The molecule has 3 aliphatic rings. The van der Waals surface area contributed by atoms with Crippen molar-refractivity contribution in [3.63, 3.8) is 0 Å². The zero-order valence-electron chi connectivity index (χ0n) is 20.7. The molecule has 0 spiro atoms. The average molecular weight is 476 g/mol. The lowest BCUT2D eigenvalue weighted by atomic mass is 9.85. The Hall–Kier alpha value is -3.04. The second-order valence-corrected chi connectivity index (χ2v) is 10.2. The van der Waals surface area contributed by atoms with E-state index in [1.54, 1.807) is 7.05 Å². The van der Waals surface area contributed by atoms with Gasteiger partial charge >= 0.3 is 0 Å². The molecule has 0 aliphatic carbocycles. The molecule has 1 aromatic carbocycles. The third-order valence-electron chi connectivity index (χ3n) is 7.91. The number of amides is 1. The molecule has 1 N–H and O–H groups in total. The molecule has 2 aromatic heterocycles. The number of carbonyl (C=O) groups excluding carboxylic acids is 1. The van der Waals surface area contributed by atoms with Gasteiger partial charge in [0.15, 0.2) is 5.82 Å². The molecule has 184 valence electrons. The molecule has 0 unspecified atom stereocenters. The number of aryl methyl sites for hydroxylation is 2. The van der Waals surface area contributed by atoms with E-state index in [2.05, 4.69) is 39.2 Å². The number of rotatable bonds is 5. The summed E-state index contributed by atoms with van der Waals surface area (Å²) in [6, 6.07) is 7.19. The zero-order chi connectivity index (χ0) is 24.1. The van der Waals surface area contributed by atoms with Gasteiger partial charge < -0.3 is 15.0 Å². The van der Waals surface area contributed by atoms with Gasteiger partial charge in [-0.05, 0) is 69.0 Å². The number of carbonyl (C=O) groups is 1. The van der Waals surface area contributed by atoms with Gasteiger partial charge in [-0.3, -0.25) is 9.69 Å². The monoisotopic (exact) mass is 475 g/mol. The van der Waals surface area contributed by atoms with Crippen LogP contribution in [-0.4, -0.2) is 83.0 Å². The second-order valence-electron chi connectivity index (χ2n) is 10.2. The highest BCUT2D eigenvalue weighted by Gasteiger charge is 2.34. The average Bonchev–Trinajstić information content (AvgIpc) is 3.19. The summed E-state index contributed by atoms with van der Waals surface area (Å²) in [7, 11) is 1.68. The zero-order valence-corrected chi connectivity index (χ0v) is 20.7. The Morgan fingerprint density at radius 1 is 1.06 bits per heavy atom. The first kappa shape index (κ1) is 22.4. The molecule has 3 fully saturated rings. The number of hydrogen-bond donors (Lipinski definition) is 1. The van der Waals surface area contributed by atoms with Gasteiger partial charge in [-0.1, -0.05) is 0 Å². The van der Waals surface area contributed by atoms with E-state index >= 15 is 0 Å². The Morgan fingerprint density at radius 3 is 2.49 bits per heavy atom. The van der Waals surface area contributed by atoms with Crippen molar-refractivity contribution in [3.8, 4) is 5.82 Å². The van der Waals surface area contributed by atoms with Crippen LogP contribution in [0.15, 0.2) is 24.4 Å². The van der Waals surface area contributed by atoms with Crippen LogP contribution in [0.5, 0.6) is 0 Å². The van der Waals surface area contributed by atoms with Crippen LogP contribution in [0.2, 0.25) is 0 Å². The van der Waals surface area contributed by atoms with Crippen LogP contribution in [-0.2, 0) is 9.53 Å². The highest BCUT2D eigenvalue weighted by Crippen LogP contribution is 2.34. The summed E-state index contributed by atoms with van der Waals surface area (Å²) in [5.41, 5.74) is 3.84. The van der Waals surface area contributed by atoms with Crippen LogP contribution in [0, 0.1) is 19.8 Å². The van der Waals surface area contributed by atoms with Gasteiger partial charge in [0.1, 0.15) is 11.6 Å². The van der Waals surface area contributed by atoms with Crippen molar-refractivity contribution in [1.29, 1.82) is 0 Å². The summed E-state index contributed by atoms with van der Waals surface area (Å²) in [4.78, 5) is 26.0. The Bertz CT molecular complexity index is 1250. The number of likely N-dealkylation sites (tertiary alicyclic amines) is 1. The number of nitrogens with zero attached hydrogens (tertiary/aromatic N) is 6. The summed E-state index contributed by atoms with van der Waals surface area (Å²) in [5.74, 6) is 2.96. The summed E-state index contributed by atoms with van der Waals surface area (Å²) >= 11 is 0. The molecule has 1 amide bonds. The highest BCUT2D eigenvalue weighted by molar-refractivity contribution is 5.83. The van der Waals surface area contributed by atoms with Crippen LogP contribution < -0.4 is 10.2 Å². The van der Waals surface area contributed by atoms with Crippen molar-refractivity contribution in [3.05, 3.63) is 41.3 Å². The number of benzene rings is 1. The molecule has 0 saturated carbocycles. The first-order chi connectivity index (χ1) is 17.0. The number of aromatic nitrogens is 4. The maximum atomic E-state index is 11.9. The largest absolute Gasteiger partial charge is 0.378 e. The van der Waals surface area contributed by atoms with Gasteiger partial charge in [0.2, 0.25) is 5.91 Å². The Labute approximate surface area is 205 Å². The molecule has 6 rings (SSSR count). The molecule has 0 atom stereocenters. The van der Waals surface area contributed by atoms with Crippen molar-refractivity contribution in [2.24, 2.45) is 5.92 Å². The van der Waals surface area contributed by atoms with E-state index in [1.807, 2.05) is 23.9 Å². The lowest BCUT2D eigenvalue weighted by Crippen LogP contribution is -2.53. The summed E-state index contributed by atoms with van der Waals surface area (Å²) in [6.07, 6.45) is 4.28.